The Morgan fingerprint density at radius 2 is 1.93 bits per heavy atom. The number of ether oxygens (including phenoxy) is 1. The first-order valence-electron chi connectivity index (χ1n) is 11.3. The van der Waals surface area contributed by atoms with E-state index in [2.05, 4.69) is 49.9 Å². The number of pyridine rings is 1. The third-order valence-electron chi connectivity index (χ3n) is 6.17. The van der Waals surface area contributed by atoms with Gasteiger partial charge in [0.2, 0.25) is 5.71 Å². The van der Waals surface area contributed by atoms with Gasteiger partial charge in [-0.05, 0) is 39.7 Å². The van der Waals surface area contributed by atoms with Crippen LogP contribution in [-0.2, 0) is 24.2 Å². The van der Waals surface area contributed by atoms with E-state index >= 15 is 0 Å². The van der Waals surface area contributed by atoms with Gasteiger partial charge in [-0.3, -0.25) is 0 Å². The number of hydrogen-bond acceptors (Lipinski definition) is 6. The predicted octanol–water partition coefficient (Wildman–Crippen LogP) is 2.91. The predicted molar refractivity (Wildman–Crippen MR) is 119 cm³/mol. The van der Waals surface area contributed by atoms with Gasteiger partial charge in [-0.2, -0.15) is 0 Å². The standard InChI is InChI=1S/C23H33N5O2/c1-6-9-17-16-13-29-23(4,5)12-15(16)18-19-20(30-22(18)27-17)21(26-14-25-19)24-10-11-28(7-2)8-3/h14H,6-13H2,1-5H3,(H,24,25,26)/p+1. The minimum Gasteiger partial charge on any atom is -0.432 e. The number of aryl methyl sites for hydroxylation is 1. The molecule has 1 aliphatic rings. The van der Waals surface area contributed by atoms with Gasteiger partial charge in [-0.15, -0.1) is 0 Å². The summed E-state index contributed by atoms with van der Waals surface area (Å²) in [5.74, 6) is 0.752. The SMILES string of the molecule is CCCc1nc2oc3c(NCC[NH+](CC)CC)ncnc3c2c2c1COC(C)(C)C2. The third kappa shape index (κ3) is 3.88. The molecule has 0 amide bonds. The maximum atomic E-state index is 6.27. The van der Waals surface area contributed by atoms with Crippen molar-refractivity contribution in [2.24, 2.45) is 0 Å². The van der Waals surface area contributed by atoms with Crippen LogP contribution in [0.4, 0.5) is 5.82 Å². The maximum absolute atomic E-state index is 6.27. The zero-order valence-electron chi connectivity index (χ0n) is 18.9. The summed E-state index contributed by atoms with van der Waals surface area (Å²) in [6.45, 7) is 15.6. The Morgan fingerprint density at radius 3 is 2.67 bits per heavy atom. The molecule has 0 aliphatic carbocycles. The van der Waals surface area contributed by atoms with Gasteiger partial charge in [0, 0.05) is 12.0 Å². The van der Waals surface area contributed by atoms with Crippen LogP contribution < -0.4 is 10.2 Å². The van der Waals surface area contributed by atoms with Crippen molar-refractivity contribution in [3.05, 3.63) is 23.1 Å². The second kappa shape index (κ2) is 8.47. The number of likely N-dealkylation sites (N-methyl/N-ethyl adjacent to an activating group) is 1. The largest absolute Gasteiger partial charge is 0.432 e. The lowest BCUT2D eigenvalue weighted by Crippen LogP contribution is -3.12. The van der Waals surface area contributed by atoms with E-state index in [1.54, 1.807) is 11.2 Å². The van der Waals surface area contributed by atoms with E-state index in [9.17, 15) is 0 Å². The lowest BCUT2D eigenvalue weighted by Gasteiger charge is -2.33. The molecular formula is C23H34N5O2+. The molecule has 0 radical (unpaired) electrons. The summed E-state index contributed by atoms with van der Waals surface area (Å²) in [7, 11) is 0. The number of nitrogens with one attached hydrogen (secondary N) is 2. The van der Waals surface area contributed by atoms with Gasteiger partial charge < -0.3 is 19.4 Å². The average Bonchev–Trinajstić information content (AvgIpc) is 3.10. The molecular weight excluding hydrogens is 378 g/mol. The number of furan rings is 1. The molecule has 0 spiro atoms. The number of quaternary nitrogens is 1. The van der Waals surface area contributed by atoms with Gasteiger partial charge in [0.15, 0.2) is 11.4 Å². The molecule has 0 unspecified atom stereocenters. The van der Waals surface area contributed by atoms with Crippen molar-refractivity contribution in [3.8, 4) is 0 Å². The molecule has 7 nitrogen and oxygen atoms in total. The number of fused-ring (bicyclic) bond motifs is 5. The zero-order chi connectivity index (χ0) is 21.3. The Labute approximate surface area is 178 Å². The highest BCUT2D eigenvalue weighted by Crippen LogP contribution is 2.39. The fourth-order valence-electron chi connectivity index (χ4n) is 4.40. The highest BCUT2D eigenvalue weighted by Gasteiger charge is 2.32. The molecule has 30 heavy (non-hydrogen) atoms. The van der Waals surface area contributed by atoms with Gasteiger partial charge in [0.1, 0.15) is 11.8 Å². The first-order chi connectivity index (χ1) is 14.5. The Morgan fingerprint density at radius 1 is 1.13 bits per heavy atom. The second-order valence-electron chi connectivity index (χ2n) is 8.81. The van der Waals surface area contributed by atoms with Crippen LogP contribution >= 0.6 is 0 Å². The van der Waals surface area contributed by atoms with Crippen molar-refractivity contribution in [2.45, 2.75) is 66.1 Å². The molecule has 2 N–H and O–H groups in total. The van der Waals surface area contributed by atoms with E-state index in [-0.39, 0.29) is 5.60 Å². The average molecular weight is 413 g/mol. The second-order valence-corrected chi connectivity index (χ2v) is 8.81. The summed E-state index contributed by atoms with van der Waals surface area (Å²) in [5.41, 5.74) is 5.58. The highest BCUT2D eigenvalue weighted by molar-refractivity contribution is 6.06. The van der Waals surface area contributed by atoms with Crippen molar-refractivity contribution in [1.82, 2.24) is 15.0 Å². The smallest absolute Gasteiger partial charge is 0.229 e. The fourth-order valence-corrected chi connectivity index (χ4v) is 4.40. The van der Waals surface area contributed by atoms with Crippen LogP contribution in [0.15, 0.2) is 10.7 Å². The first-order valence-corrected chi connectivity index (χ1v) is 11.3. The molecule has 0 fully saturated rings. The Hall–Kier alpha value is -2.25. The van der Waals surface area contributed by atoms with Gasteiger partial charge in [-0.25, -0.2) is 15.0 Å². The molecule has 0 aromatic carbocycles. The van der Waals surface area contributed by atoms with Gasteiger partial charge in [-0.1, -0.05) is 13.3 Å². The number of nitrogens with zero attached hydrogens (tertiary/aromatic N) is 3. The molecule has 1 aliphatic heterocycles. The lowest BCUT2D eigenvalue weighted by molar-refractivity contribution is -0.894. The summed E-state index contributed by atoms with van der Waals surface area (Å²) >= 11 is 0. The summed E-state index contributed by atoms with van der Waals surface area (Å²) in [5, 5.41) is 4.49. The van der Waals surface area contributed by atoms with Crippen molar-refractivity contribution < 1.29 is 14.1 Å². The normalized spacial score (nSPS) is 15.8. The molecule has 7 heteroatoms. The molecule has 162 valence electrons. The van der Waals surface area contributed by atoms with E-state index in [0.717, 1.165) is 67.9 Å². The highest BCUT2D eigenvalue weighted by atomic mass is 16.5. The van der Waals surface area contributed by atoms with Crippen LogP contribution in [-0.4, -0.2) is 46.7 Å². The van der Waals surface area contributed by atoms with E-state index in [0.29, 0.717) is 17.9 Å². The monoisotopic (exact) mass is 412 g/mol. The zero-order valence-corrected chi connectivity index (χ0v) is 18.9. The summed E-state index contributed by atoms with van der Waals surface area (Å²) in [4.78, 5) is 15.5. The van der Waals surface area contributed by atoms with Crippen LogP contribution in [0.1, 0.15) is 57.9 Å². The van der Waals surface area contributed by atoms with Crippen molar-refractivity contribution in [2.75, 3.05) is 31.5 Å². The van der Waals surface area contributed by atoms with Crippen LogP contribution in [0, 0.1) is 0 Å². The Kier molecular flexibility index (Phi) is 5.93. The van der Waals surface area contributed by atoms with Crippen LogP contribution in [0.5, 0.6) is 0 Å². The van der Waals surface area contributed by atoms with E-state index in [1.807, 2.05) is 0 Å². The lowest BCUT2D eigenvalue weighted by atomic mass is 9.88. The number of hydrogen-bond donors (Lipinski definition) is 2. The summed E-state index contributed by atoms with van der Waals surface area (Å²) in [6.07, 6.45) is 4.41. The van der Waals surface area contributed by atoms with E-state index in [4.69, 9.17) is 14.1 Å². The van der Waals surface area contributed by atoms with Gasteiger partial charge >= 0.3 is 0 Å². The van der Waals surface area contributed by atoms with Crippen molar-refractivity contribution in [1.29, 1.82) is 0 Å². The molecule has 0 saturated heterocycles. The summed E-state index contributed by atoms with van der Waals surface area (Å²) in [6, 6.07) is 0. The molecule has 3 aromatic rings. The van der Waals surface area contributed by atoms with Gasteiger partial charge in [0.25, 0.3) is 0 Å². The number of anilines is 1. The first kappa shape index (κ1) is 21.0. The van der Waals surface area contributed by atoms with Crippen LogP contribution in [0.3, 0.4) is 0 Å². The molecule has 3 aromatic heterocycles. The van der Waals surface area contributed by atoms with Gasteiger partial charge in [0.05, 0.1) is 49.5 Å². The van der Waals surface area contributed by atoms with Crippen LogP contribution in [0.2, 0.25) is 0 Å². The number of rotatable bonds is 8. The third-order valence-corrected chi connectivity index (χ3v) is 6.17. The van der Waals surface area contributed by atoms with Crippen molar-refractivity contribution >= 4 is 28.0 Å². The van der Waals surface area contributed by atoms with E-state index in [1.165, 1.54) is 11.1 Å². The molecule has 4 heterocycles. The number of aromatic nitrogens is 3. The Bertz CT molecular complexity index is 1040. The molecule has 0 atom stereocenters. The maximum Gasteiger partial charge on any atom is 0.229 e. The minimum atomic E-state index is -0.213. The van der Waals surface area contributed by atoms with Crippen molar-refractivity contribution in [3.63, 3.8) is 0 Å². The molecule has 4 rings (SSSR count). The topological polar surface area (TPSA) is 77.5 Å². The quantitative estimate of drug-likeness (QED) is 0.592. The minimum absolute atomic E-state index is 0.213. The van der Waals surface area contributed by atoms with Crippen LogP contribution in [0.25, 0.3) is 22.2 Å². The Balaban J connectivity index is 1.79. The molecule has 0 bridgehead atoms. The van der Waals surface area contributed by atoms with E-state index < -0.39 is 0 Å². The molecule has 0 saturated carbocycles. The summed E-state index contributed by atoms with van der Waals surface area (Å²) < 4.78 is 12.4. The fraction of sp³-hybridized carbons (Fsp3) is 0.609.